The minimum Gasteiger partial charge on any atom is -0.457 e. The number of hydrogen-bond donors (Lipinski definition) is 2. The highest BCUT2D eigenvalue weighted by atomic mass is 35.5. The summed E-state index contributed by atoms with van der Waals surface area (Å²) in [5.74, 6) is 1.87. The van der Waals surface area contributed by atoms with E-state index in [1.807, 2.05) is 42.5 Å². The Morgan fingerprint density at radius 2 is 1.67 bits per heavy atom. The third kappa shape index (κ3) is 6.38. The minimum absolute atomic E-state index is 0. The quantitative estimate of drug-likeness (QED) is 0.527. The van der Waals surface area contributed by atoms with Gasteiger partial charge in [0.25, 0.3) is 0 Å². The lowest BCUT2D eigenvalue weighted by atomic mass is 9.80. The maximum atomic E-state index is 13.3. The van der Waals surface area contributed by atoms with E-state index in [0.29, 0.717) is 38.1 Å². The summed E-state index contributed by atoms with van der Waals surface area (Å²) in [6, 6.07) is 17.3. The molecule has 1 unspecified atom stereocenters. The summed E-state index contributed by atoms with van der Waals surface area (Å²) >= 11 is 0. The zero-order valence-electron chi connectivity index (χ0n) is 21.2. The lowest BCUT2D eigenvalue weighted by molar-refractivity contribution is -0.162. The van der Waals surface area contributed by atoms with E-state index in [4.69, 9.17) is 4.74 Å². The number of amides is 2. The standard InChI is InChI=1S/C28H37N3O4.ClH/c1-21(2)19-25-26(33)31(15-6-18-32)28(27(34)29-25)13-16-30(17-14-28)20-22-9-11-24(12-10-22)35-23-7-4-3-5-8-23;/h3-5,7-12,21,25,32H,6,13-20H2,1-2H3,(H,29,34);1H. The maximum absolute atomic E-state index is 13.3. The number of halogens is 1. The largest absolute Gasteiger partial charge is 0.457 e. The first-order chi connectivity index (χ1) is 16.9. The average Bonchev–Trinajstić information content (AvgIpc) is 2.85. The van der Waals surface area contributed by atoms with Gasteiger partial charge < -0.3 is 20.1 Å². The van der Waals surface area contributed by atoms with Crippen LogP contribution in [0.5, 0.6) is 11.5 Å². The molecule has 2 saturated heterocycles. The Kier molecular flexibility index (Phi) is 9.77. The maximum Gasteiger partial charge on any atom is 0.246 e. The molecule has 2 amide bonds. The summed E-state index contributed by atoms with van der Waals surface area (Å²) in [5.41, 5.74) is 0.364. The van der Waals surface area contributed by atoms with Gasteiger partial charge in [0.15, 0.2) is 0 Å². The van der Waals surface area contributed by atoms with Gasteiger partial charge in [0, 0.05) is 32.8 Å². The number of para-hydroxylation sites is 1. The Morgan fingerprint density at radius 3 is 2.28 bits per heavy atom. The van der Waals surface area contributed by atoms with Crippen molar-refractivity contribution in [2.45, 2.75) is 57.7 Å². The lowest BCUT2D eigenvalue weighted by Crippen LogP contribution is -2.73. The topological polar surface area (TPSA) is 82.1 Å². The molecule has 2 heterocycles. The van der Waals surface area contributed by atoms with Crippen molar-refractivity contribution in [2.24, 2.45) is 5.92 Å². The molecule has 36 heavy (non-hydrogen) atoms. The molecule has 2 fully saturated rings. The number of piperidine rings is 1. The molecule has 1 spiro atoms. The molecule has 8 heteroatoms. The number of likely N-dealkylation sites (tertiary alicyclic amines) is 1. The Balaban J connectivity index is 0.00000361. The Bertz CT molecular complexity index is 992. The fraction of sp³-hybridized carbons (Fsp3) is 0.500. The molecule has 196 valence electrons. The third-order valence-electron chi connectivity index (χ3n) is 7.05. The lowest BCUT2D eigenvalue weighted by Gasteiger charge is -2.52. The number of carbonyl (C=O) groups is 2. The first kappa shape index (κ1) is 28.0. The van der Waals surface area contributed by atoms with Gasteiger partial charge in [-0.2, -0.15) is 0 Å². The van der Waals surface area contributed by atoms with E-state index in [9.17, 15) is 14.7 Å². The summed E-state index contributed by atoms with van der Waals surface area (Å²) in [7, 11) is 0. The molecule has 2 aromatic rings. The number of ether oxygens (including phenoxy) is 1. The zero-order valence-corrected chi connectivity index (χ0v) is 22.0. The van der Waals surface area contributed by atoms with Crippen LogP contribution in [-0.2, 0) is 16.1 Å². The Labute approximate surface area is 220 Å². The van der Waals surface area contributed by atoms with Crippen molar-refractivity contribution >= 4 is 24.2 Å². The number of carbonyl (C=O) groups excluding carboxylic acids is 2. The predicted molar refractivity (Wildman–Crippen MR) is 142 cm³/mol. The van der Waals surface area contributed by atoms with Crippen molar-refractivity contribution < 1.29 is 19.4 Å². The number of aliphatic hydroxyl groups excluding tert-OH is 1. The summed E-state index contributed by atoms with van der Waals surface area (Å²) in [4.78, 5) is 30.8. The molecule has 0 radical (unpaired) electrons. The number of hydrogen-bond acceptors (Lipinski definition) is 5. The van der Waals surface area contributed by atoms with Crippen molar-refractivity contribution in [1.82, 2.24) is 15.1 Å². The predicted octanol–water partition coefficient (Wildman–Crippen LogP) is 3.99. The van der Waals surface area contributed by atoms with Gasteiger partial charge in [0.2, 0.25) is 11.8 Å². The van der Waals surface area contributed by atoms with Crippen molar-refractivity contribution in [3.05, 3.63) is 60.2 Å². The van der Waals surface area contributed by atoms with E-state index >= 15 is 0 Å². The van der Waals surface area contributed by atoms with Crippen LogP contribution in [0.1, 0.15) is 45.1 Å². The fourth-order valence-corrected chi connectivity index (χ4v) is 5.18. The van der Waals surface area contributed by atoms with Crippen molar-refractivity contribution in [1.29, 1.82) is 0 Å². The number of nitrogens with zero attached hydrogens (tertiary/aromatic N) is 2. The highest BCUT2D eigenvalue weighted by Gasteiger charge is 2.53. The molecular formula is C28H38ClN3O4. The highest BCUT2D eigenvalue weighted by molar-refractivity contribution is 6.00. The minimum atomic E-state index is -0.816. The van der Waals surface area contributed by atoms with Crippen LogP contribution in [-0.4, -0.2) is 64.5 Å². The summed E-state index contributed by atoms with van der Waals surface area (Å²) in [5, 5.41) is 12.4. The number of aliphatic hydroxyl groups is 1. The van der Waals surface area contributed by atoms with Gasteiger partial charge in [-0.25, -0.2) is 0 Å². The first-order valence-corrected chi connectivity index (χ1v) is 12.7. The molecule has 0 aromatic heterocycles. The van der Waals surface area contributed by atoms with E-state index in [0.717, 1.165) is 31.1 Å². The fourth-order valence-electron chi connectivity index (χ4n) is 5.18. The molecule has 2 N–H and O–H groups in total. The van der Waals surface area contributed by atoms with E-state index in [1.165, 1.54) is 5.56 Å². The molecule has 2 aliphatic rings. The van der Waals surface area contributed by atoms with Crippen LogP contribution < -0.4 is 10.1 Å². The van der Waals surface area contributed by atoms with E-state index < -0.39 is 11.6 Å². The summed E-state index contributed by atoms with van der Waals surface area (Å²) in [6.45, 7) is 6.78. The van der Waals surface area contributed by atoms with Gasteiger partial charge in [0.1, 0.15) is 23.1 Å². The molecule has 0 saturated carbocycles. The molecule has 0 aliphatic carbocycles. The van der Waals surface area contributed by atoms with Crippen LogP contribution in [0.2, 0.25) is 0 Å². The van der Waals surface area contributed by atoms with Crippen LogP contribution in [0.4, 0.5) is 0 Å². The molecule has 2 aliphatic heterocycles. The Morgan fingerprint density at radius 1 is 1.03 bits per heavy atom. The molecular weight excluding hydrogens is 478 g/mol. The third-order valence-corrected chi connectivity index (χ3v) is 7.05. The van der Waals surface area contributed by atoms with E-state index in [1.54, 1.807) is 4.90 Å². The van der Waals surface area contributed by atoms with Crippen molar-refractivity contribution in [3.63, 3.8) is 0 Å². The zero-order chi connectivity index (χ0) is 24.8. The smallest absolute Gasteiger partial charge is 0.246 e. The second-order valence-electron chi connectivity index (χ2n) is 10.1. The van der Waals surface area contributed by atoms with Gasteiger partial charge >= 0.3 is 0 Å². The number of piperazine rings is 1. The number of benzene rings is 2. The van der Waals surface area contributed by atoms with Crippen molar-refractivity contribution in [3.8, 4) is 11.5 Å². The Hall–Kier alpha value is -2.61. The molecule has 2 aromatic carbocycles. The second kappa shape index (κ2) is 12.6. The van der Waals surface area contributed by atoms with Gasteiger partial charge in [-0.15, -0.1) is 12.4 Å². The number of nitrogens with one attached hydrogen (secondary N) is 1. The van der Waals surface area contributed by atoms with Gasteiger partial charge in [-0.3, -0.25) is 14.5 Å². The first-order valence-electron chi connectivity index (χ1n) is 12.7. The van der Waals surface area contributed by atoms with Crippen LogP contribution >= 0.6 is 12.4 Å². The normalized spacial score (nSPS) is 19.8. The molecule has 4 rings (SSSR count). The van der Waals surface area contributed by atoms with E-state index in [2.05, 4.69) is 36.2 Å². The second-order valence-corrected chi connectivity index (χ2v) is 10.1. The van der Waals surface area contributed by atoms with E-state index in [-0.39, 0.29) is 30.8 Å². The van der Waals surface area contributed by atoms with Gasteiger partial charge in [-0.05, 0) is 61.4 Å². The van der Waals surface area contributed by atoms with Crippen molar-refractivity contribution in [2.75, 3.05) is 26.2 Å². The van der Waals surface area contributed by atoms with Crippen LogP contribution in [0.3, 0.4) is 0 Å². The summed E-state index contributed by atoms with van der Waals surface area (Å²) < 4.78 is 5.88. The highest BCUT2D eigenvalue weighted by Crippen LogP contribution is 2.34. The SMILES string of the molecule is CC(C)CC1NC(=O)C2(CCN(Cc3ccc(Oc4ccccc4)cc3)CC2)N(CCCO)C1=O.Cl. The molecule has 1 atom stereocenters. The molecule has 0 bridgehead atoms. The monoisotopic (exact) mass is 515 g/mol. The van der Waals surface area contributed by atoms with Crippen LogP contribution in [0, 0.1) is 5.92 Å². The molecule has 7 nitrogen and oxygen atoms in total. The van der Waals surface area contributed by atoms with Crippen LogP contribution in [0.25, 0.3) is 0 Å². The summed E-state index contributed by atoms with van der Waals surface area (Å²) in [6.07, 6.45) is 2.31. The van der Waals surface area contributed by atoms with Gasteiger partial charge in [-0.1, -0.05) is 44.2 Å². The number of rotatable bonds is 9. The average molecular weight is 516 g/mol. The van der Waals surface area contributed by atoms with Crippen LogP contribution in [0.15, 0.2) is 54.6 Å². The van der Waals surface area contributed by atoms with Gasteiger partial charge in [0.05, 0.1) is 0 Å².